The SMILES string of the molecule is CS(=O)(=O)CCc1cc(F)cc(-c2cncc3[nH]c(-c4n[nH]c5ccc(-c6cncc(CNCC7CCCC7)c6)nc45)cc23)c1. The van der Waals surface area contributed by atoms with Crippen molar-refractivity contribution < 1.29 is 12.8 Å². The third-order valence-electron chi connectivity index (χ3n) is 8.57. The molecule has 9 nitrogen and oxygen atoms in total. The maximum absolute atomic E-state index is 14.7. The number of aryl methyl sites for hydroxylation is 1. The standard InChI is InChI=1S/C34H34FN7O2S/c1-45(43,44)9-8-22-10-24(13-26(35)12-22)28-19-38-20-32-27(28)14-31(39-32)34-33-30(41-42-34)7-6-29(40-33)25-11-23(17-37-18-25)16-36-15-21-4-2-3-5-21/h6-7,10-14,17-21,36,39H,2-5,8-9,15-16H2,1H3,(H,41,42). The van der Waals surface area contributed by atoms with Gasteiger partial charge in [-0.1, -0.05) is 18.9 Å². The van der Waals surface area contributed by atoms with E-state index in [0.717, 1.165) is 63.5 Å². The summed E-state index contributed by atoms with van der Waals surface area (Å²) in [7, 11) is -3.18. The number of pyridine rings is 3. The molecule has 5 heterocycles. The lowest BCUT2D eigenvalue weighted by Crippen LogP contribution is -2.20. The van der Waals surface area contributed by atoms with Crippen molar-refractivity contribution in [2.75, 3.05) is 18.6 Å². The molecule has 0 aliphatic heterocycles. The minimum absolute atomic E-state index is 0.0501. The summed E-state index contributed by atoms with van der Waals surface area (Å²) in [6.07, 6.45) is 13.9. The van der Waals surface area contributed by atoms with Crippen LogP contribution < -0.4 is 5.32 Å². The molecule has 45 heavy (non-hydrogen) atoms. The van der Waals surface area contributed by atoms with E-state index in [1.807, 2.05) is 36.7 Å². The summed E-state index contributed by atoms with van der Waals surface area (Å²) in [5, 5.41) is 12.1. The molecule has 7 rings (SSSR count). The minimum atomic E-state index is -3.18. The topological polar surface area (TPSA) is 129 Å². The molecule has 0 unspecified atom stereocenters. The van der Waals surface area contributed by atoms with E-state index in [9.17, 15) is 12.8 Å². The second kappa shape index (κ2) is 12.1. The van der Waals surface area contributed by atoms with Gasteiger partial charge in [-0.05, 0) is 84.8 Å². The van der Waals surface area contributed by atoms with Crippen LogP contribution in [0, 0.1) is 11.7 Å². The summed E-state index contributed by atoms with van der Waals surface area (Å²) in [5.41, 5.74) is 8.50. The largest absolute Gasteiger partial charge is 0.352 e. The molecule has 230 valence electrons. The van der Waals surface area contributed by atoms with E-state index in [0.29, 0.717) is 22.3 Å². The number of sulfone groups is 1. The highest BCUT2D eigenvalue weighted by Crippen LogP contribution is 2.34. The Morgan fingerprint density at radius 1 is 0.933 bits per heavy atom. The van der Waals surface area contributed by atoms with Gasteiger partial charge in [0.25, 0.3) is 0 Å². The van der Waals surface area contributed by atoms with Gasteiger partial charge < -0.3 is 10.3 Å². The molecule has 1 aromatic carbocycles. The van der Waals surface area contributed by atoms with E-state index in [2.05, 4.69) is 36.5 Å². The van der Waals surface area contributed by atoms with Crippen LogP contribution in [0.5, 0.6) is 0 Å². The van der Waals surface area contributed by atoms with Gasteiger partial charge in [0, 0.05) is 47.9 Å². The van der Waals surface area contributed by atoms with Crippen molar-refractivity contribution in [3.63, 3.8) is 0 Å². The Kier molecular flexibility index (Phi) is 7.88. The van der Waals surface area contributed by atoms with Crippen molar-refractivity contribution in [2.24, 2.45) is 5.92 Å². The molecule has 11 heteroatoms. The lowest BCUT2D eigenvalue weighted by atomic mass is 10.0. The van der Waals surface area contributed by atoms with Crippen molar-refractivity contribution in [3.05, 3.63) is 84.2 Å². The molecule has 1 fully saturated rings. The van der Waals surface area contributed by atoms with Crippen LogP contribution in [0.15, 0.2) is 67.3 Å². The highest BCUT2D eigenvalue weighted by molar-refractivity contribution is 7.90. The highest BCUT2D eigenvalue weighted by Gasteiger charge is 2.17. The number of nitrogens with one attached hydrogen (secondary N) is 3. The number of benzene rings is 1. The smallest absolute Gasteiger partial charge is 0.147 e. The molecule has 1 aliphatic carbocycles. The van der Waals surface area contributed by atoms with Gasteiger partial charge in [-0.15, -0.1) is 0 Å². The number of nitrogens with zero attached hydrogens (tertiary/aromatic N) is 4. The molecule has 0 spiro atoms. The van der Waals surface area contributed by atoms with Gasteiger partial charge in [0.2, 0.25) is 0 Å². The predicted molar refractivity (Wildman–Crippen MR) is 175 cm³/mol. The number of hydrogen-bond acceptors (Lipinski definition) is 7. The van der Waals surface area contributed by atoms with Crippen LogP contribution >= 0.6 is 0 Å². The first-order chi connectivity index (χ1) is 21.8. The first kappa shape index (κ1) is 29.2. The number of halogens is 1. The second-order valence-corrected chi connectivity index (χ2v) is 14.3. The quantitative estimate of drug-likeness (QED) is 0.165. The molecule has 0 bridgehead atoms. The van der Waals surface area contributed by atoms with Crippen LogP contribution in [0.4, 0.5) is 4.39 Å². The van der Waals surface area contributed by atoms with Gasteiger partial charge in [0.15, 0.2) is 0 Å². The lowest BCUT2D eigenvalue weighted by molar-refractivity contribution is 0.489. The van der Waals surface area contributed by atoms with E-state index < -0.39 is 15.7 Å². The summed E-state index contributed by atoms with van der Waals surface area (Å²) < 4.78 is 38.0. The Bertz CT molecular complexity index is 2120. The van der Waals surface area contributed by atoms with E-state index in [1.54, 1.807) is 12.4 Å². The molecule has 1 saturated carbocycles. The van der Waals surface area contributed by atoms with E-state index in [-0.39, 0.29) is 12.2 Å². The van der Waals surface area contributed by atoms with Gasteiger partial charge in [0.1, 0.15) is 26.9 Å². The molecule has 0 atom stereocenters. The van der Waals surface area contributed by atoms with Crippen LogP contribution in [0.2, 0.25) is 0 Å². The van der Waals surface area contributed by atoms with Crippen molar-refractivity contribution in [1.29, 1.82) is 0 Å². The Morgan fingerprint density at radius 3 is 2.60 bits per heavy atom. The Morgan fingerprint density at radius 2 is 1.76 bits per heavy atom. The molecule has 1 aliphatic rings. The fourth-order valence-electron chi connectivity index (χ4n) is 6.27. The molecule has 0 saturated heterocycles. The second-order valence-electron chi connectivity index (χ2n) is 12.1. The number of fused-ring (bicyclic) bond motifs is 2. The number of hydrogen-bond donors (Lipinski definition) is 3. The first-order valence-corrected chi connectivity index (χ1v) is 17.3. The molecule has 0 radical (unpaired) electrons. The Hall–Kier alpha value is -4.48. The zero-order chi connectivity index (χ0) is 31.0. The number of H-pyrrole nitrogens is 2. The van der Waals surface area contributed by atoms with Gasteiger partial charge in [-0.25, -0.2) is 17.8 Å². The fourth-order valence-corrected chi connectivity index (χ4v) is 6.88. The maximum atomic E-state index is 14.7. The average molecular weight is 624 g/mol. The zero-order valence-corrected chi connectivity index (χ0v) is 25.8. The van der Waals surface area contributed by atoms with Crippen molar-refractivity contribution in [1.82, 2.24) is 35.5 Å². The van der Waals surface area contributed by atoms with Crippen LogP contribution in [0.25, 0.3) is 55.7 Å². The normalized spacial score (nSPS) is 14.2. The Labute approximate surface area is 260 Å². The van der Waals surface area contributed by atoms with Crippen molar-refractivity contribution >= 4 is 31.8 Å². The molecular weight excluding hydrogens is 589 g/mol. The molecule has 6 aromatic rings. The van der Waals surface area contributed by atoms with E-state index in [4.69, 9.17) is 4.98 Å². The average Bonchev–Trinajstić information content (AvgIpc) is 3.79. The predicted octanol–water partition coefficient (Wildman–Crippen LogP) is 6.24. The third-order valence-corrected chi connectivity index (χ3v) is 9.51. The minimum Gasteiger partial charge on any atom is -0.352 e. The summed E-state index contributed by atoms with van der Waals surface area (Å²) >= 11 is 0. The van der Waals surface area contributed by atoms with Crippen LogP contribution in [-0.2, 0) is 22.8 Å². The lowest BCUT2D eigenvalue weighted by Gasteiger charge is -2.11. The van der Waals surface area contributed by atoms with Crippen LogP contribution in [-0.4, -0.2) is 57.1 Å². The van der Waals surface area contributed by atoms with E-state index >= 15 is 0 Å². The number of aromatic amines is 2. The fraction of sp³-hybridized carbons (Fsp3) is 0.294. The van der Waals surface area contributed by atoms with Crippen LogP contribution in [0.1, 0.15) is 36.8 Å². The van der Waals surface area contributed by atoms with E-state index in [1.165, 1.54) is 44.1 Å². The molecule has 5 aromatic heterocycles. The third kappa shape index (κ3) is 6.50. The molecule has 3 N–H and O–H groups in total. The molecular formula is C34H34FN7O2S. The van der Waals surface area contributed by atoms with Gasteiger partial charge >= 0.3 is 0 Å². The van der Waals surface area contributed by atoms with Crippen LogP contribution in [0.3, 0.4) is 0 Å². The molecule has 0 amide bonds. The summed E-state index contributed by atoms with van der Waals surface area (Å²) in [4.78, 5) is 17.3. The van der Waals surface area contributed by atoms with Gasteiger partial charge in [-0.2, -0.15) is 5.10 Å². The highest BCUT2D eigenvalue weighted by atomic mass is 32.2. The number of rotatable bonds is 10. The Balaban J connectivity index is 1.19. The number of aromatic nitrogens is 6. The summed E-state index contributed by atoms with van der Waals surface area (Å²) in [6, 6.07) is 12.7. The first-order valence-electron chi connectivity index (χ1n) is 15.2. The monoisotopic (exact) mass is 623 g/mol. The zero-order valence-electron chi connectivity index (χ0n) is 25.0. The maximum Gasteiger partial charge on any atom is 0.147 e. The summed E-state index contributed by atoms with van der Waals surface area (Å²) in [6.45, 7) is 1.81. The van der Waals surface area contributed by atoms with Crippen molar-refractivity contribution in [2.45, 2.75) is 38.6 Å². The summed E-state index contributed by atoms with van der Waals surface area (Å²) in [5.74, 6) is 0.298. The van der Waals surface area contributed by atoms with Crippen molar-refractivity contribution in [3.8, 4) is 33.8 Å². The van der Waals surface area contributed by atoms with Gasteiger partial charge in [0.05, 0.1) is 34.4 Å². The van der Waals surface area contributed by atoms with Gasteiger partial charge in [-0.3, -0.25) is 15.1 Å².